The summed E-state index contributed by atoms with van der Waals surface area (Å²) < 4.78 is 20.4. The summed E-state index contributed by atoms with van der Waals surface area (Å²) in [7, 11) is 2.06. The number of thiazole rings is 1. The second kappa shape index (κ2) is 11.6. The third-order valence-electron chi connectivity index (χ3n) is 7.90. The number of nitrogens with zero attached hydrogens (tertiary/aromatic N) is 3. The molecule has 1 aliphatic carbocycles. The molecule has 0 bridgehead atoms. The van der Waals surface area contributed by atoms with Crippen molar-refractivity contribution >= 4 is 45.5 Å². The first-order chi connectivity index (χ1) is 18.6. The van der Waals surface area contributed by atoms with Gasteiger partial charge in [-0.3, -0.25) is 14.4 Å². The van der Waals surface area contributed by atoms with E-state index in [-0.39, 0.29) is 34.9 Å². The predicted molar refractivity (Wildman–Crippen MR) is 149 cm³/mol. The van der Waals surface area contributed by atoms with Crippen LogP contribution >= 0.6 is 22.9 Å². The van der Waals surface area contributed by atoms with Crippen molar-refractivity contribution in [1.29, 1.82) is 0 Å². The molecule has 5 rings (SSSR count). The fraction of sp³-hybridized carbons (Fsp3) is 0.571. The standard InChI is InChI=1S/C28H34ClFN4O4S/c1-15(2)12-20(24(36)18-13-19(29)25-22(18)21(35)14-38-25)31-27(37)17-6-4-16(5-7-17)23-26(30)39-28(32-23)34-10-8-33(3)9-11-34/h4-7,15,18-20,22,25H,8-14H2,1-3H3,(H,31,37)/t18?,19-,20+,22-,25-/m1/s1. The van der Waals surface area contributed by atoms with Gasteiger partial charge in [0.25, 0.3) is 5.91 Å². The summed E-state index contributed by atoms with van der Waals surface area (Å²) in [6.45, 7) is 7.34. The third kappa shape index (κ3) is 5.89. The van der Waals surface area contributed by atoms with Crippen LogP contribution in [0.4, 0.5) is 9.52 Å². The molecule has 8 nitrogen and oxygen atoms in total. The van der Waals surface area contributed by atoms with Crippen LogP contribution in [-0.4, -0.2) is 84.7 Å². The quantitative estimate of drug-likeness (QED) is 0.480. The van der Waals surface area contributed by atoms with Gasteiger partial charge in [0, 0.05) is 43.2 Å². The highest BCUT2D eigenvalue weighted by molar-refractivity contribution is 7.14. The van der Waals surface area contributed by atoms with Crippen LogP contribution in [0.25, 0.3) is 11.3 Å². The largest absolute Gasteiger partial charge is 0.368 e. The molecule has 11 heteroatoms. The minimum Gasteiger partial charge on any atom is -0.368 e. The molecule has 1 aromatic heterocycles. The van der Waals surface area contributed by atoms with Crippen LogP contribution in [0.15, 0.2) is 24.3 Å². The van der Waals surface area contributed by atoms with Crippen LogP contribution in [0.1, 0.15) is 37.0 Å². The Labute approximate surface area is 236 Å². The Morgan fingerprint density at radius 1 is 1.21 bits per heavy atom. The lowest BCUT2D eigenvalue weighted by Gasteiger charge is -2.31. The van der Waals surface area contributed by atoms with E-state index in [1.807, 2.05) is 13.8 Å². The molecule has 1 unspecified atom stereocenters. The van der Waals surface area contributed by atoms with Crippen LogP contribution in [0, 0.1) is 22.9 Å². The first-order valence-electron chi connectivity index (χ1n) is 13.5. The van der Waals surface area contributed by atoms with E-state index >= 15 is 0 Å². The van der Waals surface area contributed by atoms with Crippen LogP contribution in [0.3, 0.4) is 0 Å². The predicted octanol–water partition coefficient (Wildman–Crippen LogP) is 3.63. The van der Waals surface area contributed by atoms with E-state index in [2.05, 4.69) is 27.1 Å². The van der Waals surface area contributed by atoms with Gasteiger partial charge in [-0.2, -0.15) is 4.39 Å². The summed E-state index contributed by atoms with van der Waals surface area (Å²) in [6, 6.07) is 5.83. The van der Waals surface area contributed by atoms with E-state index in [1.54, 1.807) is 24.3 Å². The van der Waals surface area contributed by atoms with Gasteiger partial charge in [-0.15, -0.1) is 11.6 Å². The van der Waals surface area contributed by atoms with Crippen LogP contribution in [0.2, 0.25) is 0 Å². The number of alkyl halides is 1. The number of halogens is 2. The fourth-order valence-electron chi connectivity index (χ4n) is 5.76. The Kier molecular flexibility index (Phi) is 8.37. The van der Waals surface area contributed by atoms with E-state index < -0.39 is 35.3 Å². The Balaban J connectivity index is 1.28. The zero-order valence-corrected chi connectivity index (χ0v) is 23.9. The smallest absolute Gasteiger partial charge is 0.251 e. The van der Waals surface area contributed by atoms with Gasteiger partial charge in [-0.1, -0.05) is 37.3 Å². The highest BCUT2D eigenvalue weighted by Crippen LogP contribution is 2.43. The molecular formula is C28H34ClFN4O4S. The lowest BCUT2D eigenvalue weighted by molar-refractivity contribution is -0.131. The van der Waals surface area contributed by atoms with Gasteiger partial charge in [0.2, 0.25) is 5.13 Å². The molecule has 1 aromatic carbocycles. The number of nitrogens with one attached hydrogen (secondary N) is 1. The van der Waals surface area contributed by atoms with E-state index in [0.717, 1.165) is 37.5 Å². The minimum absolute atomic E-state index is 0.0215. The van der Waals surface area contributed by atoms with Crippen molar-refractivity contribution in [3.8, 4) is 11.3 Å². The lowest BCUT2D eigenvalue weighted by Crippen LogP contribution is -2.46. The normalized spacial score (nSPS) is 26.2. The number of carbonyl (C=O) groups excluding carboxylic acids is 3. The molecule has 2 aliphatic heterocycles. The highest BCUT2D eigenvalue weighted by atomic mass is 35.5. The molecule has 3 heterocycles. The van der Waals surface area contributed by atoms with Gasteiger partial charge in [-0.05, 0) is 37.9 Å². The molecular weight excluding hydrogens is 543 g/mol. The maximum Gasteiger partial charge on any atom is 0.251 e. The number of likely N-dealkylation sites (N-methyl/N-ethyl adjacent to an activating group) is 1. The summed E-state index contributed by atoms with van der Waals surface area (Å²) in [4.78, 5) is 48.0. The summed E-state index contributed by atoms with van der Waals surface area (Å²) in [5.74, 6) is -1.65. The zero-order chi connectivity index (χ0) is 27.8. The molecule has 2 saturated heterocycles. The average molecular weight is 577 g/mol. The second-order valence-electron chi connectivity index (χ2n) is 11.2. The first-order valence-corrected chi connectivity index (χ1v) is 14.7. The number of amides is 1. The monoisotopic (exact) mass is 576 g/mol. The number of piperazine rings is 1. The molecule has 5 atom stereocenters. The lowest BCUT2D eigenvalue weighted by atomic mass is 9.84. The molecule has 3 aliphatic rings. The first kappa shape index (κ1) is 28.1. The number of anilines is 1. The molecule has 1 amide bonds. The highest BCUT2D eigenvalue weighted by Gasteiger charge is 2.54. The Morgan fingerprint density at radius 2 is 1.90 bits per heavy atom. The number of rotatable bonds is 8. The second-order valence-corrected chi connectivity index (χ2v) is 12.7. The number of carbonyl (C=O) groups is 3. The molecule has 1 saturated carbocycles. The number of fused-ring (bicyclic) bond motifs is 1. The maximum atomic E-state index is 14.8. The van der Waals surface area contributed by atoms with Crippen molar-refractivity contribution in [2.24, 2.45) is 17.8 Å². The number of ketones is 2. The van der Waals surface area contributed by atoms with Gasteiger partial charge < -0.3 is 19.9 Å². The number of benzene rings is 1. The number of aromatic nitrogens is 1. The van der Waals surface area contributed by atoms with Gasteiger partial charge >= 0.3 is 0 Å². The number of Topliss-reactive ketones (excluding diaryl/α,β-unsaturated/α-hetero) is 2. The minimum atomic E-state index is -0.750. The van der Waals surface area contributed by atoms with Crippen molar-refractivity contribution < 1.29 is 23.5 Å². The van der Waals surface area contributed by atoms with Gasteiger partial charge in [-0.25, -0.2) is 4.98 Å². The summed E-state index contributed by atoms with van der Waals surface area (Å²) >= 11 is 7.44. The molecule has 1 N–H and O–H groups in total. The summed E-state index contributed by atoms with van der Waals surface area (Å²) in [6.07, 6.45) is 0.354. The topological polar surface area (TPSA) is 91.8 Å². The molecule has 3 fully saturated rings. The SMILES string of the molecule is CC(C)C[C@H](NC(=O)c1ccc(-c2nc(N3CCN(C)CC3)sc2F)cc1)C(=O)C1C[C@@H](Cl)[C@H]2OCC(=O)[C@@H]12. The number of ether oxygens (including phenoxy) is 1. The van der Waals surface area contributed by atoms with Crippen LogP contribution < -0.4 is 10.2 Å². The molecule has 39 heavy (non-hydrogen) atoms. The average Bonchev–Trinajstić information content (AvgIpc) is 3.58. The molecule has 210 valence electrons. The van der Waals surface area contributed by atoms with Gasteiger partial charge in [0.1, 0.15) is 12.3 Å². The van der Waals surface area contributed by atoms with E-state index in [0.29, 0.717) is 29.1 Å². The number of hydrogen-bond donors (Lipinski definition) is 1. The number of hydrogen-bond acceptors (Lipinski definition) is 8. The van der Waals surface area contributed by atoms with Crippen molar-refractivity contribution in [2.75, 3.05) is 44.7 Å². The van der Waals surface area contributed by atoms with Crippen LogP contribution in [0.5, 0.6) is 0 Å². The fourth-order valence-corrected chi connectivity index (χ4v) is 7.05. The van der Waals surface area contributed by atoms with Crippen molar-refractivity contribution in [2.45, 2.75) is 44.2 Å². The van der Waals surface area contributed by atoms with Gasteiger partial charge in [0.15, 0.2) is 16.7 Å². The molecule has 2 aromatic rings. The Morgan fingerprint density at radius 3 is 2.56 bits per heavy atom. The van der Waals surface area contributed by atoms with E-state index in [4.69, 9.17) is 16.3 Å². The van der Waals surface area contributed by atoms with E-state index in [9.17, 15) is 18.8 Å². The zero-order valence-electron chi connectivity index (χ0n) is 22.4. The summed E-state index contributed by atoms with van der Waals surface area (Å²) in [5, 5.41) is 2.79. The van der Waals surface area contributed by atoms with Crippen molar-refractivity contribution in [3.05, 3.63) is 35.0 Å². The Hall–Kier alpha value is -2.40. The third-order valence-corrected chi connectivity index (χ3v) is 9.23. The summed E-state index contributed by atoms with van der Waals surface area (Å²) in [5.41, 5.74) is 1.21. The molecule has 0 radical (unpaired) electrons. The van der Waals surface area contributed by atoms with Crippen molar-refractivity contribution in [3.63, 3.8) is 0 Å². The van der Waals surface area contributed by atoms with Crippen molar-refractivity contribution in [1.82, 2.24) is 15.2 Å². The Bertz CT molecular complexity index is 1230. The maximum absolute atomic E-state index is 14.8. The van der Waals surface area contributed by atoms with Gasteiger partial charge in [0.05, 0.1) is 23.4 Å². The van der Waals surface area contributed by atoms with Crippen LogP contribution in [-0.2, 0) is 14.3 Å². The van der Waals surface area contributed by atoms with E-state index in [1.165, 1.54) is 0 Å². The molecule has 0 spiro atoms.